The maximum absolute atomic E-state index is 5.30. The van der Waals surface area contributed by atoms with Gasteiger partial charge >= 0.3 is 0 Å². The molecule has 6 heteroatoms. The molecule has 0 saturated heterocycles. The molecule has 0 atom stereocenters. The van der Waals surface area contributed by atoms with Gasteiger partial charge in [0.15, 0.2) is 5.11 Å². The Hall–Kier alpha value is -3.25. The van der Waals surface area contributed by atoms with E-state index in [-0.39, 0.29) is 0 Å². The maximum atomic E-state index is 5.30. The average Bonchev–Trinajstić information content (AvgIpc) is 2.70. The number of thiocarbonyl (C=S) groups is 1. The SMILES string of the molecule is Cc1c(-c2ccccc2)ccnc1/C=N\NC(=S)Nc1ccc(N(C)C)cc1. The van der Waals surface area contributed by atoms with E-state index in [9.17, 15) is 0 Å². The molecule has 0 unspecified atom stereocenters. The Morgan fingerprint density at radius 2 is 1.75 bits per heavy atom. The summed E-state index contributed by atoms with van der Waals surface area (Å²) in [6.45, 7) is 2.04. The predicted molar refractivity (Wildman–Crippen MR) is 122 cm³/mol. The molecule has 3 aromatic rings. The summed E-state index contributed by atoms with van der Waals surface area (Å²) >= 11 is 5.30. The molecule has 0 saturated carbocycles. The predicted octanol–water partition coefficient (Wildman–Crippen LogP) is 4.44. The van der Waals surface area contributed by atoms with E-state index in [1.807, 2.05) is 74.4 Å². The number of hydrogen-bond donors (Lipinski definition) is 2. The van der Waals surface area contributed by atoms with Crippen molar-refractivity contribution in [2.75, 3.05) is 24.3 Å². The first-order valence-corrected chi connectivity index (χ1v) is 9.34. The fourth-order valence-electron chi connectivity index (χ4n) is 2.77. The quantitative estimate of drug-likeness (QED) is 0.384. The van der Waals surface area contributed by atoms with Crippen LogP contribution in [0.25, 0.3) is 11.1 Å². The number of nitrogens with zero attached hydrogens (tertiary/aromatic N) is 3. The van der Waals surface area contributed by atoms with Gasteiger partial charge in [-0.15, -0.1) is 0 Å². The number of anilines is 2. The van der Waals surface area contributed by atoms with Crippen LogP contribution in [0, 0.1) is 6.92 Å². The molecule has 142 valence electrons. The molecule has 2 aromatic carbocycles. The van der Waals surface area contributed by atoms with Gasteiger partial charge in [-0.1, -0.05) is 30.3 Å². The third-order valence-corrected chi connectivity index (χ3v) is 4.52. The number of rotatable bonds is 5. The lowest BCUT2D eigenvalue weighted by Gasteiger charge is -2.13. The summed E-state index contributed by atoms with van der Waals surface area (Å²) in [6.07, 6.45) is 3.48. The van der Waals surface area contributed by atoms with E-state index in [2.05, 4.69) is 33.0 Å². The summed E-state index contributed by atoms with van der Waals surface area (Å²) in [4.78, 5) is 6.46. The monoisotopic (exact) mass is 389 g/mol. The standard InChI is InChI=1S/C22H23N5S/c1-16-20(17-7-5-4-6-8-17)13-14-23-21(16)15-24-26-22(28)25-18-9-11-19(12-10-18)27(2)3/h4-15H,1-3H3,(H2,25,26,28)/b24-15-. The Morgan fingerprint density at radius 3 is 2.43 bits per heavy atom. The molecule has 5 nitrogen and oxygen atoms in total. The number of hydrogen-bond acceptors (Lipinski definition) is 4. The van der Waals surface area contributed by atoms with Gasteiger partial charge in [-0.05, 0) is 66.2 Å². The van der Waals surface area contributed by atoms with Crippen LogP contribution in [0.5, 0.6) is 0 Å². The zero-order valence-electron chi connectivity index (χ0n) is 16.2. The molecule has 3 rings (SSSR count). The highest BCUT2D eigenvalue weighted by atomic mass is 32.1. The van der Waals surface area contributed by atoms with Gasteiger partial charge in [-0.25, -0.2) is 0 Å². The Balaban J connectivity index is 1.63. The fourth-order valence-corrected chi connectivity index (χ4v) is 2.94. The van der Waals surface area contributed by atoms with E-state index in [1.54, 1.807) is 12.4 Å². The number of nitrogens with one attached hydrogen (secondary N) is 2. The van der Waals surface area contributed by atoms with Crippen molar-refractivity contribution in [3.8, 4) is 11.1 Å². The minimum atomic E-state index is 0.422. The maximum Gasteiger partial charge on any atom is 0.191 e. The Bertz CT molecular complexity index is 966. The molecular formula is C22H23N5S. The second kappa shape index (κ2) is 9.10. The topological polar surface area (TPSA) is 52.6 Å². The third kappa shape index (κ3) is 4.92. The fraction of sp³-hybridized carbons (Fsp3) is 0.136. The lowest BCUT2D eigenvalue weighted by molar-refractivity contribution is 1.04. The van der Waals surface area contributed by atoms with Crippen LogP contribution in [0.15, 0.2) is 72.0 Å². The van der Waals surface area contributed by atoms with Crippen molar-refractivity contribution in [1.29, 1.82) is 0 Å². The first-order chi connectivity index (χ1) is 13.5. The van der Waals surface area contributed by atoms with Crippen LogP contribution < -0.4 is 15.6 Å². The molecule has 0 amide bonds. The van der Waals surface area contributed by atoms with Crippen LogP contribution in [-0.4, -0.2) is 30.4 Å². The summed E-state index contributed by atoms with van der Waals surface area (Å²) in [7, 11) is 4.01. The van der Waals surface area contributed by atoms with Gasteiger partial charge in [-0.3, -0.25) is 10.4 Å². The third-order valence-electron chi connectivity index (χ3n) is 4.32. The van der Waals surface area contributed by atoms with Crippen LogP contribution in [-0.2, 0) is 0 Å². The first kappa shape index (κ1) is 19.5. The van der Waals surface area contributed by atoms with E-state index in [0.717, 1.165) is 33.8 Å². The van der Waals surface area contributed by atoms with Gasteiger partial charge < -0.3 is 10.2 Å². The van der Waals surface area contributed by atoms with E-state index in [1.165, 1.54) is 0 Å². The van der Waals surface area contributed by atoms with Crippen molar-refractivity contribution in [2.24, 2.45) is 5.10 Å². The summed E-state index contributed by atoms with van der Waals surface area (Å²) in [6, 6.07) is 20.2. The number of hydrazone groups is 1. The van der Waals surface area contributed by atoms with Crippen LogP contribution >= 0.6 is 12.2 Å². The van der Waals surface area contributed by atoms with Gasteiger partial charge in [0.05, 0.1) is 11.9 Å². The molecule has 28 heavy (non-hydrogen) atoms. The molecule has 0 aliphatic rings. The van der Waals surface area contributed by atoms with Crippen LogP contribution in [0.2, 0.25) is 0 Å². The van der Waals surface area contributed by atoms with Crippen molar-refractivity contribution in [3.63, 3.8) is 0 Å². The lowest BCUT2D eigenvalue weighted by atomic mass is 10.0. The number of pyridine rings is 1. The van der Waals surface area contributed by atoms with E-state index < -0.39 is 0 Å². The lowest BCUT2D eigenvalue weighted by Crippen LogP contribution is -2.24. The highest BCUT2D eigenvalue weighted by Crippen LogP contribution is 2.23. The van der Waals surface area contributed by atoms with Gasteiger partial charge in [0.2, 0.25) is 0 Å². The summed E-state index contributed by atoms with van der Waals surface area (Å²) in [5.41, 5.74) is 9.03. The number of aromatic nitrogens is 1. The van der Waals surface area contributed by atoms with E-state index in [0.29, 0.717) is 5.11 Å². The molecule has 0 fully saturated rings. The van der Waals surface area contributed by atoms with Crippen LogP contribution in [0.1, 0.15) is 11.3 Å². The highest BCUT2D eigenvalue weighted by molar-refractivity contribution is 7.80. The molecular weight excluding hydrogens is 366 g/mol. The average molecular weight is 390 g/mol. The van der Waals surface area contributed by atoms with Crippen molar-refractivity contribution in [3.05, 3.63) is 78.1 Å². The Morgan fingerprint density at radius 1 is 1.04 bits per heavy atom. The van der Waals surface area contributed by atoms with Gasteiger partial charge in [-0.2, -0.15) is 5.10 Å². The van der Waals surface area contributed by atoms with E-state index >= 15 is 0 Å². The van der Waals surface area contributed by atoms with E-state index in [4.69, 9.17) is 12.2 Å². The van der Waals surface area contributed by atoms with Crippen molar-refractivity contribution < 1.29 is 0 Å². The van der Waals surface area contributed by atoms with Crippen molar-refractivity contribution >= 4 is 34.9 Å². The molecule has 2 N–H and O–H groups in total. The highest BCUT2D eigenvalue weighted by Gasteiger charge is 2.05. The summed E-state index contributed by atoms with van der Waals surface area (Å²) < 4.78 is 0. The molecule has 0 aliphatic heterocycles. The van der Waals surface area contributed by atoms with Gasteiger partial charge in [0, 0.05) is 31.7 Å². The van der Waals surface area contributed by atoms with Gasteiger partial charge in [0.1, 0.15) is 0 Å². The second-order valence-electron chi connectivity index (χ2n) is 6.50. The smallest absolute Gasteiger partial charge is 0.191 e. The minimum absolute atomic E-state index is 0.422. The molecule has 0 radical (unpaired) electrons. The van der Waals surface area contributed by atoms with Crippen LogP contribution in [0.3, 0.4) is 0 Å². The molecule has 1 heterocycles. The van der Waals surface area contributed by atoms with Crippen molar-refractivity contribution in [2.45, 2.75) is 6.92 Å². The largest absolute Gasteiger partial charge is 0.378 e. The molecule has 0 aliphatic carbocycles. The molecule has 0 bridgehead atoms. The Labute approximate surface area is 171 Å². The zero-order chi connectivity index (χ0) is 19.9. The van der Waals surface area contributed by atoms with Gasteiger partial charge in [0.25, 0.3) is 0 Å². The first-order valence-electron chi connectivity index (χ1n) is 8.93. The van der Waals surface area contributed by atoms with Crippen LogP contribution in [0.4, 0.5) is 11.4 Å². The van der Waals surface area contributed by atoms with Crippen molar-refractivity contribution in [1.82, 2.24) is 10.4 Å². The molecule has 1 aromatic heterocycles. The summed E-state index contributed by atoms with van der Waals surface area (Å²) in [5.74, 6) is 0. The Kier molecular flexibility index (Phi) is 6.34. The zero-order valence-corrected chi connectivity index (χ0v) is 17.0. The molecule has 0 spiro atoms. The number of benzene rings is 2. The minimum Gasteiger partial charge on any atom is -0.378 e. The second-order valence-corrected chi connectivity index (χ2v) is 6.91. The normalized spacial score (nSPS) is 10.7. The summed E-state index contributed by atoms with van der Waals surface area (Å²) in [5, 5.41) is 7.77.